The van der Waals surface area contributed by atoms with Crippen LogP contribution in [0.4, 0.5) is 0 Å². The van der Waals surface area contributed by atoms with Crippen LogP contribution in [0, 0.1) is 0 Å². The Morgan fingerprint density at radius 1 is 1.88 bits per heavy atom. The molecule has 0 aromatic carbocycles. The van der Waals surface area contributed by atoms with Gasteiger partial charge in [0.05, 0.1) is 0 Å². The maximum atomic E-state index is 5.54. The molecule has 0 bridgehead atoms. The molecular formula is C5H6ClNS. The molecule has 0 aliphatic heterocycles. The van der Waals surface area contributed by atoms with Crippen LogP contribution < -0.4 is 0 Å². The normalized spacial score (nSPS) is 9.75. The first-order chi connectivity index (χ1) is 3.83. The van der Waals surface area contributed by atoms with E-state index >= 15 is 0 Å². The topological polar surface area (TPSA) is 12.9 Å². The number of hydrogen-bond donors (Lipinski definition) is 0. The highest BCUT2D eigenvalue weighted by molar-refractivity contribution is 7.06. The summed E-state index contributed by atoms with van der Waals surface area (Å²) < 4.78 is 3.89. The molecule has 0 radical (unpaired) electrons. The molecule has 3 heteroatoms. The lowest BCUT2D eigenvalue weighted by molar-refractivity contribution is 1.19. The van der Waals surface area contributed by atoms with Crippen LogP contribution >= 0.6 is 23.1 Å². The van der Waals surface area contributed by atoms with E-state index in [0.717, 1.165) is 6.42 Å². The third-order valence-corrected chi connectivity index (χ3v) is 2.10. The molecule has 0 saturated carbocycles. The van der Waals surface area contributed by atoms with Gasteiger partial charge in [0.1, 0.15) is 5.15 Å². The molecule has 0 fully saturated rings. The summed E-state index contributed by atoms with van der Waals surface area (Å²) in [5, 5.41) is 0.617. The third-order valence-electron chi connectivity index (χ3n) is 0.879. The van der Waals surface area contributed by atoms with E-state index in [0.29, 0.717) is 5.15 Å². The third kappa shape index (κ3) is 1.20. The molecule has 0 amide bonds. The van der Waals surface area contributed by atoms with Crippen molar-refractivity contribution >= 4 is 23.1 Å². The van der Waals surface area contributed by atoms with Crippen molar-refractivity contribution in [3.8, 4) is 0 Å². The van der Waals surface area contributed by atoms with Gasteiger partial charge in [-0.3, -0.25) is 0 Å². The van der Waals surface area contributed by atoms with E-state index in [1.54, 1.807) is 0 Å². The summed E-state index contributed by atoms with van der Waals surface area (Å²) in [6.07, 6.45) is 1.03. The van der Waals surface area contributed by atoms with Gasteiger partial charge in [-0.1, -0.05) is 18.5 Å². The second-order valence-corrected chi connectivity index (χ2v) is 2.75. The lowest BCUT2D eigenvalue weighted by Crippen LogP contribution is -1.64. The Hall–Kier alpha value is -0.0800. The maximum absolute atomic E-state index is 5.54. The molecule has 1 aromatic heterocycles. The summed E-state index contributed by atoms with van der Waals surface area (Å²) in [5.41, 5.74) is 0. The number of aromatic nitrogens is 1. The fraction of sp³-hybridized carbons (Fsp3) is 0.400. The minimum Gasteiger partial charge on any atom is -0.181 e. The Labute approximate surface area is 57.5 Å². The predicted octanol–water partition coefficient (Wildman–Crippen LogP) is 2.36. The van der Waals surface area contributed by atoms with Gasteiger partial charge in [0.15, 0.2) is 0 Å². The SMILES string of the molecule is CCc1cc(Cl)ns1. The monoisotopic (exact) mass is 147 g/mol. The van der Waals surface area contributed by atoms with Gasteiger partial charge >= 0.3 is 0 Å². The Bertz CT molecular complexity index is 173. The van der Waals surface area contributed by atoms with Crippen molar-refractivity contribution in [2.45, 2.75) is 13.3 Å². The fourth-order valence-electron chi connectivity index (χ4n) is 0.454. The quantitative estimate of drug-likeness (QED) is 0.595. The van der Waals surface area contributed by atoms with Crippen molar-refractivity contribution in [1.29, 1.82) is 0 Å². The average molecular weight is 148 g/mol. The Balaban J connectivity index is 2.84. The minimum atomic E-state index is 0.617. The second-order valence-electron chi connectivity index (χ2n) is 1.47. The van der Waals surface area contributed by atoms with Gasteiger partial charge in [-0.15, -0.1) is 0 Å². The lowest BCUT2D eigenvalue weighted by Gasteiger charge is -1.76. The number of halogens is 1. The molecule has 1 rings (SSSR count). The van der Waals surface area contributed by atoms with Crippen LogP contribution in [0.5, 0.6) is 0 Å². The fourth-order valence-corrected chi connectivity index (χ4v) is 1.30. The molecule has 0 N–H and O–H groups in total. The molecule has 1 aromatic rings. The van der Waals surface area contributed by atoms with Crippen LogP contribution in [-0.4, -0.2) is 4.37 Å². The first-order valence-electron chi connectivity index (χ1n) is 2.44. The van der Waals surface area contributed by atoms with E-state index in [1.807, 2.05) is 6.07 Å². The molecular weight excluding hydrogens is 142 g/mol. The van der Waals surface area contributed by atoms with Gasteiger partial charge in [-0.25, -0.2) is 0 Å². The number of aryl methyl sites for hydroxylation is 1. The summed E-state index contributed by atoms with van der Waals surface area (Å²) in [7, 11) is 0. The van der Waals surface area contributed by atoms with Crippen LogP contribution in [0.1, 0.15) is 11.8 Å². The van der Waals surface area contributed by atoms with Crippen molar-refractivity contribution in [2.75, 3.05) is 0 Å². The molecule has 0 saturated heterocycles. The first kappa shape index (κ1) is 6.05. The largest absolute Gasteiger partial charge is 0.181 e. The number of hydrogen-bond acceptors (Lipinski definition) is 2. The average Bonchev–Trinajstić information content (AvgIpc) is 2.14. The highest BCUT2D eigenvalue weighted by Gasteiger charge is 1.93. The predicted molar refractivity (Wildman–Crippen MR) is 36.5 cm³/mol. The standard InChI is InChI=1S/C5H6ClNS/c1-2-4-3-5(6)7-8-4/h3H,2H2,1H3. The van der Waals surface area contributed by atoms with Crippen molar-refractivity contribution in [2.24, 2.45) is 0 Å². The van der Waals surface area contributed by atoms with Gasteiger partial charge in [-0.05, 0) is 24.0 Å². The van der Waals surface area contributed by atoms with Crippen LogP contribution in [0.3, 0.4) is 0 Å². The smallest absolute Gasteiger partial charge is 0.143 e. The Morgan fingerprint density at radius 2 is 2.62 bits per heavy atom. The Kier molecular flexibility index (Phi) is 1.86. The van der Waals surface area contributed by atoms with E-state index in [-0.39, 0.29) is 0 Å². The van der Waals surface area contributed by atoms with E-state index < -0.39 is 0 Å². The van der Waals surface area contributed by atoms with Gasteiger partial charge in [0, 0.05) is 4.88 Å². The van der Waals surface area contributed by atoms with E-state index in [4.69, 9.17) is 11.6 Å². The number of nitrogens with zero attached hydrogens (tertiary/aromatic N) is 1. The summed E-state index contributed by atoms with van der Waals surface area (Å²) in [6, 6.07) is 1.90. The molecule has 44 valence electrons. The van der Waals surface area contributed by atoms with Crippen molar-refractivity contribution in [3.05, 3.63) is 16.1 Å². The molecule has 0 aliphatic carbocycles. The van der Waals surface area contributed by atoms with Crippen molar-refractivity contribution in [1.82, 2.24) is 4.37 Å². The molecule has 0 atom stereocenters. The van der Waals surface area contributed by atoms with Crippen LogP contribution in [0.15, 0.2) is 6.07 Å². The Morgan fingerprint density at radius 3 is 2.88 bits per heavy atom. The van der Waals surface area contributed by atoms with Gasteiger partial charge in [0.25, 0.3) is 0 Å². The van der Waals surface area contributed by atoms with E-state index in [2.05, 4.69) is 11.3 Å². The van der Waals surface area contributed by atoms with Crippen molar-refractivity contribution in [3.63, 3.8) is 0 Å². The van der Waals surface area contributed by atoms with Crippen LogP contribution in [0.25, 0.3) is 0 Å². The maximum Gasteiger partial charge on any atom is 0.143 e. The molecule has 8 heavy (non-hydrogen) atoms. The zero-order valence-corrected chi connectivity index (χ0v) is 6.09. The van der Waals surface area contributed by atoms with Gasteiger partial charge in [0.2, 0.25) is 0 Å². The number of rotatable bonds is 1. The van der Waals surface area contributed by atoms with Crippen LogP contribution in [0.2, 0.25) is 5.15 Å². The van der Waals surface area contributed by atoms with Gasteiger partial charge in [-0.2, -0.15) is 4.37 Å². The second kappa shape index (κ2) is 2.46. The van der Waals surface area contributed by atoms with E-state index in [9.17, 15) is 0 Å². The molecule has 0 spiro atoms. The van der Waals surface area contributed by atoms with Crippen LogP contribution in [-0.2, 0) is 6.42 Å². The highest BCUT2D eigenvalue weighted by Crippen LogP contribution is 2.13. The van der Waals surface area contributed by atoms with Crippen molar-refractivity contribution < 1.29 is 0 Å². The zero-order chi connectivity index (χ0) is 5.98. The minimum absolute atomic E-state index is 0.617. The molecule has 1 nitrogen and oxygen atoms in total. The lowest BCUT2D eigenvalue weighted by atomic mass is 10.4. The zero-order valence-electron chi connectivity index (χ0n) is 4.52. The highest BCUT2D eigenvalue weighted by atomic mass is 35.5. The summed E-state index contributed by atoms with van der Waals surface area (Å²) >= 11 is 7.01. The van der Waals surface area contributed by atoms with E-state index in [1.165, 1.54) is 16.4 Å². The molecule has 0 unspecified atom stereocenters. The van der Waals surface area contributed by atoms with Gasteiger partial charge < -0.3 is 0 Å². The summed E-state index contributed by atoms with van der Waals surface area (Å²) in [5.74, 6) is 0. The molecule has 0 aliphatic rings. The summed E-state index contributed by atoms with van der Waals surface area (Å²) in [6.45, 7) is 2.09. The first-order valence-corrected chi connectivity index (χ1v) is 3.59. The summed E-state index contributed by atoms with van der Waals surface area (Å²) in [4.78, 5) is 1.25. The molecule has 1 heterocycles.